The van der Waals surface area contributed by atoms with Crippen molar-refractivity contribution >= 4 is 23.9 Å². The summed E-state index contributed by atoms with van der Waals surface area (Å²) in [4.78, 5) is 37.6. The largest absolute Gasteiger partial charge is 0.344 e. The average molecular weight is 377 g/mol. The molecule has 6 nitrogen and oxygen atoms in total. The van der Waals surface area contributed by atoms with Crippen LogP contribution in [0.25, 0.3) is 6.08 Å². The van der Waals surface area contributed by atoms with E-state index in [4.69, 9.17) is 0 Å². The van der Waals surface area contributed by atoms with Gasteiger partial charge in [-0.25, -0.2) is 4.79 Å². The van der Waals surface area contributed by atoms with Gasteiger partial charge in [0.25, 0.3) is 11.8 Å². The van der Waals surface area contributed by atoms with Crippen LogP contribution in [0.1, 0.15) is 37.0 Å². The fourth-order valence-corrected chi connectivity index (χ4v) is 3.22. The van der Waals surface area contributed by atoms with Crippen molar-refractivity contribution in [3.63, 3.8) is 0 Å². The summed E-state index contributed by atoms with van der Waals surface area (Å²) in [7, 11) is 0. The van der Waals surface area contributed by atoms with Crippen LogP contribution in [0.4, 0.5) is 4.79 Å². The van der Waals surface area contributed by atoms with E-state index >= 15 is 0 Å². The van der Waals surface area contributed by atoms with Gasteiger partial charge in [0.2, 0.25) is 0 Å². The molecule has 2 N–H and O–H groups in total. The van der Waals surface area contributed by atoms with Crippen LogP contribution in [0.5, 0.6) is 0 Å². The fraction of sp³-hybridized carbons (Fsp3) is 0.227. The molecule has 3 rings (SSSR count). The molecule has 6 heteroatoms. The van der Waals surface area contributed by atoms with E-state index in [0.29, 0.717) is 12.0 Å². The van der Waals surface area contributed by atoms with Crippen LogP contribution in [-0.4, -0.2) is 22.9 Å². The molecule has 28 heavy (non-hydrogen) atoms. The highest BCUT2D eigenvalue weighted by atomic mass is 16.2. The monoisotopic (exact) mass is 377 g/mol. The Balaban J connectivity index is 1.73. The maximum absolute atomic E-state index is 13.0. The van der Waals surface area contributed by atoms with Gasteiger partial charge in [-0.2, -0.15) is 5.01 Å². The topological polar surface area (TPSA) is 78.5 Å². The van der Waals surface area contributed by atoms with Crippen molar-refractivity contribution in [3.05, 3.63) is 77.4 Å². The standard InChI is InChI=1S/C22H23N3O3/c1-3-16-10-12-17(13-11-16)14-15-19(26)24-25-20(27)22(4-2,23-21(25)28)18-8-6-5-7-9-18/h5-15H,3-4H2,1-2H3,(H,23,28)(H,24,26)/b15-14+/t22-/m0/s1. The third-order valence-corrected chi connectivity index (χ3v) is 4.93. The molecule has 4 amide bonds. The Bertz CT molecular complexity index is 906. The fourth-order valence-electron chi connectivity index (χ4n) is 3.22. The highest BCUT2D eigenvalue weighted by molar-refractivity contribution is 6.09. The van der Waals surface area contributed by atoms with Gasteiger partial charge in [0.05, 0.1) is 0 Å². The van der Waals surface area contributed by atoms with Crippen molar-refractivity contribution in [2.24, 2.45) is 0 Å². The molecular weight excluding hydrogens is 354 g/mol. The van der Waals surface area contributed by atoms with E-state index in [9.17, 15) is 14.4 Å². The molecular formula is C22H23N3O3. The lowest BCUT2D eigenvalue weighted by molar-refractivity contribution is -0.138. The number of urea groups is 1. The van der Waals surface area contributed by atoms with Crippen LogP contribution in [0.2, 0.25) is 0 Å². The molecule has 1 atom stereocenters. The molecule has 0 unspecified atom stereocenters. The zero-order valence-corrected chi connectivity index (χ0v) is 15.9. The number of nitrogens with zero attached hydrogens (tertiary/aromatic N) is 1. The number of hydrogen-bond donors (Lipinski definition) is 2. The predicted octanol–water partition coefficient (Wildman–Crippen LogP) is 3.15. The van der Waals surface area contributed by atoms with E-state index < -0.39 is 23.4 Å². The molecule has 1 aliphatic heterocycles. The van der Waals surface area contributed by atoms with Gasteiger partial charge in [0.1, 0.15) is 5.54 Å². The zero-order valence-electron chi connectivity index (χ0n) is 15.9. The van der Waals surface area contributed by atoms with Gasteiger partial charge >= 0.3 is 6.03 Å². The molecule has 1 fully saturated rings. The summed E-state index contributed by atoms with van der Waals surface area (Å²) in [6, 6.07) is 16.2. The third-order valence-electron chi connectivity index (χ3n) is 4.93. The smallest absolute Gasteiger partial charge is 0.318 e. The van der Waals surface area contributed by atoms with E-state index in [1.807, 2.05) is 37.3 Å². The first-order valence-electron chi connectivity index (χ1n) is 9.30. The van der Waals surface area contributed by atoms with Crippen LogP contribution in [-0.2, 0) is 21.5 Å². The molecule has 0 aliphatic carbocycles. The lowest BCUT2D eigenvalue weighted by Crippen LogP contribution is -2.48. The van der Waals surface area contributed by atoms with Crippen molar-refractivity contribution in [1.82, 2.24) is 15.8 Å². The highest BCUT2D eigenvalue weighted by Gasteiger charge is 2.52. The first-order chi connectivity index (χ1) is 13.5. The number of imide groups is 1. The Kier molecular flexibility index (Phi) is 5.59. The minimum Gasteiger partial charge on any atom is -0.318 e. The van der Waals surface area contributed by atoms with Crippen molar-refractivity contribution in [1.29, 1.82) is 0 Å². The van der Waals surface area contributed by atoms with Gasteiger partial charge in [0.15, 0.2) is 0 Å². The number of amides is 4. The zero-order chi connectivity index (χ0) is 20.1. The van der Waals surface area contributed by atoms with Crippen molar-refractivity contribution in [3.8, 4) is 0 Å². The van der Waals surface area contributed by atoms with Crippen LogP contribution < -0.4 is 10.7 Å². The van der Waals surface area contributed by atoms with Crippen LogP contribution in [0.15, 0.2) is 60.7 Å². The highest BCUT2D eigenvalue weighted by Crippen LogP contribution is 2.31. The second-order valence-corrected chi connectivity index (χ2v) is 6.60. The summed E-state index contributed by atoms with van der Waals surface area (Å²) in [5, 5.41) is 3.48. The first-order valence-corrected chi connectivity index (χ1v) is 9.30. The molecule has 0 aromatic heterocycles. The van der Waals surface area contributed by atoms with Crippen molar-refractivity contribution < 1.29 is 14.4 Å². The molecule has 1 heterocycles. The number of carbonyl (C=O) groups is 3. The Morgan fingerprint density at radius 2 is 1.75 bits per heavy atom. The van der Waals surface area contributed by atoms with E-state index in [0.717, 1.165) is 17.0 Å². The molecule has 0 spiro atoms. The third kappa shape index (κ3) is 3.67. The summed E-state index contributed by atoms with van der Waals surface area (Å²) in [6.45, 7) is 3.89. The lowest BCUT2D eigenvalue weighted by atomic mass is 9.87. The summed E-state index contributed by atoms with van der Waals surface area (Å²) in [6.07, 6.45) is 4.25. The van der Waals surface area contributed by atoms with Crippen molar-refractivity contribution in [2.45, 2.75) is 32.2 Å². The molecule has 0 saturated carbocycles. The molecule has 0 bridgehead atoms. The van der Waals surface area contributed by atoms with Gasteiger partial charge in [-0.15, -0.1) is 0 Å². The van der Waals surface area contributed by atoms with Crippen LogP contribution in [0, 0.1) is 0 Å². The van der Waals surface area contributed by atoms with E-state index in [2.05, 4.69) is 17.7 Å². The number of aryl methyl sites for hydroxylation is 1. The van der Waals surface area contributed by atoms with Crippen LogP contribution >= 0.6 is 0 Å². The number of hydrazine groups is 1. The number of benzene rings is 2. The number of nitrogens with one attached hydrogen (secondary N) is 2. The second kappa shape index (κ2) is 8.08. The van der Waals surface area contributed by atoms with E-state index in [1.54, 1.807) is 30.3 Å². The number of carbonyl (C=O) groups excluding carboxylic acids is 3. The maximum Gasteiger partial charge on any atom is 0.344 e. The average Bonchev–Trinajstić information content (AvgIpc) is 2.98. The quantitative estimate of drug-likeness (QED) is 0.600. The summed E-state index contributed by atoms with van der Waals surface area (Å²) in [5.74, 6) is -1.05. The van der Waals surface area contributed by atoms with Gasteiger partial charge in [0, 0.05) is 6.08 Å². The minimum atomic E-state index is -1.18. The molecule has 1 saturated heterocycles. The normalized spacial score (nSPS) is 19.1. The molecule has 144 valence electrons. The first kappa shape index (κ1) is 19.4. The minimum absolute atomic E-state index is 0.369. The Morgan fingerprint density at radius 3 is 2.36 bits per heavy atom. The van der Waals surface area contributed by atoms with Gasteiger partial charge in [-0.05, 0) is 35.6 Å². The Labute approximate surface area is 164 Å². The predicted molar refractivity (Wildman–Crippen MR) is 107 cm³/mol. The van der Waals surface area contributed by atoms with Gasteiger partial charge in [-0.1, -0.05) is 68.4 Å². The Hall–Kier alpha value is -3.41. The van der Waals surface area contributed by atoms with Crippen molar-refractivity contribution in [2.75, 3.05) is 0 Å². The second-order valence-electron chi connectivity index (χ2n) is 6.60. The SMILES string of the molecule is CCc1ccc(/C=C/C(=O)NN2C(=O)N[C@@](CC)(c3ccccc3)C2=O)cc1. The summed E-state index contributed by atoms with van der Waals surface area (Å²) >= 11 is 0. The van der Waals surface area contributed by atoms with Gasteiger partial charge in [-0.3, -0.25) is 15.0 Å². The Morgan fingerprint density at radius 1 is 1.07 bits per heavy atom. The van der Waals surface area contributed by atoms with Crippen LogP contribution in [0.3, 0.4) is 0 Å². The molecule has 2 aromatic carbocycles. The van der Waals surface area contributed by atoms with E-state index in [1.165, 1.54) is 11.6 Å². The maximum atomic E-state index is 13.0. The molecule has 1 aliphatic rings. The lowest BCUT2D eigenvalue weighted by Gasteiger charge is -2.25. The molecule has 0 radical (unpaired) electrons. The number of hydrogen-bond acceptors (Lipinski definition) is 3. The molecule has 2 aromatic rings. The van der Waals surface area contributed by atoms with Gasteiger partial charge < -0.3 is 5.32 Å². The number of rotatable bonds is 6. The van der Waals surface area contributed by atoms with E-state index in [-0.39, 0.29) is 0 Å². The summed E-state index contributed by atoms with van der Waals surface area (Å²) in [5.41, 5.74) is 3.94. The summed E-state index contributed by atoms with van der Waals surface area (Å²) < 4.78 is 0.